The highest BCUT2D eigenvalue weighted by atomic mass is 28.3. The van der Waals surface area contributed by atoms with E-state index in [4.69, 9.17) is 15.5 Å². The van der Waals surface area contributed by atoms with Crippen molar-refractivity contribution in [3.8, 4) is 11.4 Å². The van der Waals surface area contributed by atoms with Crippen molar-refractivity contribution in [1.29, 1.82) is 0 Å². The lowest BCUT2D eigenvalue weighted by Gasteiger charge is -2.43. The second-order valence-electron chi connectivity index (χ2n) is 11.6. The van der Waals surface area contributed by atoms with E-state index in [0.717, 1.165) is 24.3 Å². The van der Waals surface area contributed by atoms with Gasteiger partial charge in [-0.3, -0.25) is 9.48 Å². The Morgan fingerprint density at radius 2 is 2.08 bits per heavy atom. The quantitative estimate of drug-likeness (QED) is 0.266. The second kappa shape index (κ2) is 9.30. The summed E-state index contributed by atoms with van der Waals surface area (Å²) >= 11 is 0. The summed E-state index contributed by atoms with van der Waals surface area (Å²) in [6.07, 6.45) is 4.85. The molecule has 3 heterocycles. The molecular weight excluding hydrogens is 489 g/mol. The molecule has 11 heteroatoms. The lowest BCUT2D eigenvalue weighted by molar-refractivity contribution is 0.0822. The number of fused-ring (bicyclic) bond motifs is 2. The van der Waals surface area contributed by atoms with E-state index in [9.17, 15) is 9.18 Å². The summed E-state index contributed by atoms with van der Waals surface area (Å²) in [5, 5.41) is 8.46. The zero-order valence-corrected chi connectivity index (χ0v) is 23.0. The monoisotopic (exact) mass is 523 g/mol. The first-order valence-corrected chi connectivity index (χ1v) is 16.3. The van der Waals surface area contributed by atoms with Gasteiger partial charge in [0.2, 0.25) is 0 Å². The molecule has 3 aromatic heterocycles. The van der Waals surface area contributed by atoms with Crippen LogP contribution >= 0.6 is 0 Å². The Labute approximate surface area is 216 Å². The molecule has 1 amide bonds. The van der Waals surface area contributed by atoms with Crippen LogP contribution in [0, 0.1) is 5.82 Å². The van der Waals surface area contributed by atoms with Gasteiger partial charge < -0.3 is 20.4 Å². The van der Waals surface area contributed by atoms with Crippen molar-refractivity contribution in [3.63, 3.8) is 0 Å². The van der Waals surface area contributed by atoms with Crippen LogP contribution in [0.5, 0.6) is 0 Å². The van der Waals surface area contributed by atoms with Gasteiger partial charge in [0.25, 0.3) is 5.91 Å². The summed E-state index contributed by atoms with van der Waals surface area (Å²) in [7, 11) is 0.528. The molecule has 0 unspecified atom stereocenters. The van der Waals surface area contributed by atoms with Crippen LogP contribution < -0.4 is 11.1 Å². The Hall–Kier alpha value is -3.15. The largest absolute Gasteiger partial charge is 0.361 e. The van der Waals surface area contributed by atoms with E-state index in [1.807, 2.05) is 11.5 Å². The van der Waals surface area contributed by atoms with Crippen LogP contribution in [0.25, 0.3) is 33.5 Å². The minimum atomic E-state index is -1.23. The van der Waals surface area contributed by atoms with Crippen LogP contribution in [-0.4, -0.2) is 56.5 Å². The molecule has 1 aromatic carbocycles. The molecule has 0 radical (unpaired) electrons. The third kappa shape index (κ3) is 5.16. The molecule has 0 atom stereocenters. The maximum atomic E-state index is 13.8. The fraction of sp³-hybridized carbons (Fsp3) is 0.462. The van der Waals surface area contributed by atoms with E-state index < -0.39 is 8.07 Å². The molecule has 1 aliphatic carbocycles. The van der Waals surface area contributed by atoms with Crippen LogP contribution in [0.4, 0.5) is 4.39 Å². The fourth-order valence-electron chi connectivity index (χ4n) is 4.93. The smallest absolute Gasteiger partial charge is 0.255 e. The first kappa shape index (κ1) is 25.5. The number of amides is 1. The van der Waals surface area contributed by atoms with Crippen molar-refractivity contribution in [2.45, 2.75) is 63.8 Å². The number of aromatic nitrogens is 5. The van der Waals surface area contributed by atoms with E-state index >= 15 is 0 Å². The first-order chi connectivity index (χ1) is 17.4. The van der Waals surface area contributed by atoms with Gasteiger partial charge in [0, 0.05) is 44.9 Å². The molecule has 1 saturated carbocycles. The molecule has 5 rings (SSSR count). The Morgan fingerprint density at radius 3 is 2.78 bits per heavy atom. The number of halogens is 1. The highest BCUT2D eigenvalue weighted by Crippen LogP contribution is 2.32. The molecule has 3 N–H and O–H groups in total. The third-order valence-corrected chi connectivity index (χ3v) is 8.64. The fourth-order valence-corrected chi connectivity index (χ4v) is 5.69. The number of hydrogen-bond donors (Lipinski definition) is 2. The average molecular weight is 524 g/mol. The molecule has 1 fully saturated rings. The van der Waals surface area contributed by atoms with Crippen molar-refractivity contribution < 1.29 is 13.9 Å². The predicted octanol–water partition coefficient (Wildman–Crippen LogP) is 4.05. The van der Waals surface area contributed by atoms with Gasteiger partial charge in [0.1, 0.15) is 29.5 Å². The Balaban J connectivity index is 1.52. The number of hydrogen-bond acceptors (Lipinski definition) is 6. The summed E-state index contributed by atoms with van der Waals surface area (Å²) < 4.78 is 23.2. The molecule has 0 bridgehead atoms. The van der Waals surface area contributed by atoms with Gasteiger partial charge in [-0.25, -0.2) is 14.4 Å². The van der Waals surface area contributed by atoms with Crippen molar-refractivity contribution in [1.82, 2.24) is 29.6 Å². The topological polar surface area (TPSA) is 113 Å². The van der Waals surface area contributed by atoms with E-state index in [2.05, 4.69) is 35.0 Å². The van der Waals surface area contributed by atoms with Gasteiger partial charge in [-0.2, -0.15) is 5.10 Å². The number of nitrogens with two attached hydrogens (primary N) is 1. The van der Waals surface area contributed by atoms with Crippen LogP contribution in [-0.2, 0) is 18.5 Å². The highest BCUT2D eigenvalue weighted by molar-refractivity contribution is 6.76. The zero-order valence-electron chi connectivity index (χ0n) is 22.0. The molecule has 196 valence electrons. The number of carbonyl (C=O) groups excluding carboxylic acids is 1. The van der Waals surface area contributed by atoms with Gasteiger partial charge in [-0.15, -0.1) is 0 Å². The van der Waals surface area contributed by atoms with Gasteiger partial charge in [0.15, 0.2) is 5.65 Å². The minimum absolute atomic E-state index is 0.0973. The van der Waals surface area contributed by atoms with Gasteiger partial charge in [-0.05, 0) is 44.0 Å². The van der Waals surface area contributed by atoms with Crippen molar-refractivity contribution in [3.05, 3.63) is 42.0 Å². The van der Waals surface area contributed by atoms with Gasteiger partial charge in [0.05, 0.1) is 17.3 Å². The maximum absolute atomic E-state index is 13.8. The van der Waals surface area contributed by atoms with E-state index in [0.29, 0.717) is 40.2 Å². The van der Waals surface area contributed by atoms with Crippen molar-refractivity contribution in [2.75, 3.05) is 6.61 Å². The minimum Gasteiger partial charge on any atom is -0.361 e. The molecule has 1 aliphatic rings. The molecule has 4 aromatic rings. The summed E-state index contributed by atoms with van der Waals surface area (Å²) in [5.41, 5.74) is 8.82. The van der Waals surface area contributed by atoms with Crippen molar-refractivity contribution >= 4 is 36.0 Å². The lowest BCUT2D eigenvalue weighted by Crippen LogP contribution is -2.59. The molecule has 0 aliphatic heterocycles. The number of ether oxygens (including phenoxy) is 1. The standard InChI is InChI=1S/C26H34FN7O2Si/c1-26(11-17(28)12-26)31-25(35)19-14-34(15-36-8-9-37(3,4)5)24-23(19)30-20(13-29-24)22-18-7-6-16(27)10-21(18)33(2)32-22/h6-7,10,13-14,17H,8-9,11-12,15,28H2,1-5H3,(H,31,35). The van der Waals surface area contributed by atoms with E-state index in [1.165, 1.54) is 12.1 Å². The number of carbonyl (C=O) groups is 1. The van der Waals surface area contributed by atoms with E-state index in [1.54, 1.807) is 30.2 Å². The number of nitrogens with one attached hydrogen (secondary N) is 1. The molecule has 37 heavy (non-hydrogen) atoms. The first-order valence-electron chi connectivity index (χ1n) is 12.6. The zero-order chi connectivity index (χ0) is 26.5. The number of benzene rings is 1. The van der Waals surface area contributed by atoms with Crippen LogP contribution in [0.2, 0.25) is 25.7 Å². The second-order valence-corrected chi connectivity index (χ2v) is 17.2. The predicted molar refractivity (Wildman–Crippen MR) is 144 cm³/mol. The van der Waals surface area contributed by atoms with Gasteiger partial charge in [-0.1, -0.05) is 19.6 Å². The highest BCUT2D eigenvalue weighted by Gasteiger charge is 2.40. The molecule has 0 spiro atoms. The van der Waals surface area contributed by atoms with Crippen LogP contribution in [0.1, 0.15) is 30.1 Å². The van der Waals surface area contributed by atoms with Crippen molar-refractivity contribution in [2.24, 2.45) is 12.8 Å². The molecule has 9 nitrogen and oxygen atoms in total. The number of rotatable bonds is 8. The summed E-state index contributed by atoms with van der Waals surface area (Å²) in [4.78, 5) is 22.9. The van der Waals surface area contributed by atoms with Crippen LogP contribution in [0.3, 0.4) is 0 Å². The van der Waals surface area contributed by atoms with Crippen LogP contribution in [0.15, 0.2) is 30.6 Å². The van der Waals surface area contributed by atoms with Gasteiger partial charge >= 0.3 is 0 Å². The SMILES string of the molecule is Cn1nc(-c2cnc3c(n2)c(C(=O)NC2(C)CC(N)C2)cn3COCC[Si](C)(C)C)c2ccc(F)cc21. The Bertz CT molecular complexity index is 1480. The summed E-state index contributed by atoms with van der Waals surface area (Å²) in [6.45, 7) is 9.84. The maximum Gasteiger partial charge on any atom is 0.255 e. The molecule has 0 saturated heterocycles. The number of nitrogens with zero attached hydrogens (tertiary/aromatic N) is 5. The summed E-state index contributed by atoms with van der Waals surface area (Å²) in [5.74, 6) is -0.558. The summed E-state index contributed by atoms with van der Waals surface area (Å²) in [6, 6.07) is 5.66. The third-order valence-electron chi connectivity index (χ3n) is 6.93. The molecular formula is C26H34FN7O2Si. The number of aryl methyl sites for hydroxylation is 1. The average Bonchev–Trinajstić information content (AvgIpc) is 3.32. The van der Waals surface area contributed by atoms with E-state index in [-0.39, 0.29) is 30.0 Å². The Morgan fingerprint density at radius 1 is 1.32 bits per heavy atom. The Kier molecular flexibility index (Phi) is 6.41. The normalized spacial score (nSPS) is 19.9. The lowest BCUT2D eigenvalue weighted by atomic mass is 9.74.